The molecule has 1 N–H and O–H groups in total. The van der Waals surface area contributed by atoms with Crippen LogP contribution in [0.2, 0.25) is 0 Å². The van der Waals surface area contributed by atoms with Gasteiger partial charge < -0.3 is 9.84 Å². The minimum Gasteiger partial charge on any atom is -0.362 e. The third-order valence-corrected chi connectivity index (χ3v) is 2.63. The van der Waals surface area contributed by atoms with Gasteiger partial charge in [0.25, 0.3) is 0 Å². The molecule has 1 aromatic carbocycles. The van der Waals surface area contributed by atoms with E-state index in [-0.39, 0.29) is 5.92 Å². The van der Waals surface area contributed by atoms with Gasteiger partial charge in [0, 0.05) is 18.6 Å². The van der Waals surface area contributed by atoms with Crippen molar-refractivity contribution in [1.29, 1.82) is 0 Å². The van der Waals surface area contributed by atoms with Gasteiger partial charge in [-0.3, -0.25) is 0 Å². The number of hydrogen-bond donors (Lipinski definition) is 1. The first-order valence-electron chi connectivity index (χ1n) is 4.60. The van der Waals surface area contributed by atoms with Crippen molar-refractivity contribution in [3.05, 3.63) is 35.9 Å². The summed E-state index contributed by atoms with van der Waals surface area (Å²) in [6.07, 6.45) is 2.11. The van der Waals surface area contributed by atoms with Crippen LogP contribution in [0.5, 0.6) is 0 Å². The van der Waals surface area contributed by atoms with Gasteiger partial charge >= 0.3 is 0 Å². The molecular weight excluding hydrogens is 164 g/mol. The summed E-state index contributed by atoms with van der Waals surface area (Å²) in [5.74, 6) is -0.777. The van der Waals surface area contributed by atoms with Crippen molar-refractivity contribution in [3.63, 3.8) is 0 Å². The van der Waals surface area contributed by atoms with Gasteiger partial charge in [-0.15, -0.1) is 0 Å². The molecule has 2 rings (SSSR count). The standard InChI is InChI=1S/C11H14O2/c1-13-11(12,10-7-8-10)9-5-3-2-4-6-9/h2-6,10,12H,7-8H2,1H3. The maximum atomic E-state index is 10.2. The van der Waals surface area contributed by atoms with Gasteiger partial charge in [-0.05, 0) is 12.8 Å². The molecule has 1 aliphatic rings. The van der Waals surface area contributed by atoms with Crippen molar-refractivity contribution in [2.45, 2.75) is 18.6 Å². The maximum absolute atomic E-state index is 10.2. The quantitative estimate of drug-likeness (QED) is 0.716. The Kier molecular flexibility index (Phi) is 2.10. The molecule has 13 heavy (non-hydrogen) atoms. The van der Waals surface area contributed by atoms with Gasteiger partial charge in [0.05, 0.1) is 0 Å². The highest BCUT2D eigenvalue weighted by atomic mass is 16.6. The van der Waals surface area contributed by atoms with Gasteiger partial charge in [0.2, 0.25) is 0 Å². The van der Waals surface area contributed by atoms with Gasteiger partial charge in [-0.25, -0.2) is 0 Å². The Hall–Kier alpha value is -0.860. The van der Waals surface area contributed by atoms with Gasteiger partial charge in [-0.1, -0.05) is 30.3 Å². The zero-order valence-electron chi connectivity index (χ0n) is 7.73. The summed E-state index contributed by atoms with van der Waals surface area (Å²) >= 11 is 0. The lowest BCUT2D eigenvalue weighted by Crippen LogP contribution is -2.30. The molecule has 1 fully saturated rings. The molecule has 1 aliphatic carbocycles. The molecule has 1 unspecified atom stereocenters. The lowest BCUT2D eigenvalue weighted by Gasteiger charge is -2.26. The fraction of sp³-hybridized carbons (Fsp3) is 0.455. The second kappa shape index (κ2) is 3.13. The predicted octanol–water partition coefficient (Wildman–Crippen LogP) is 1.89. The van der Waals surface area contributed by atoms with E-state index in [2.05, 4.69) is 0 Å². The molecule has 0 saturated heterocycles. The maximum Gasteiger partial charge on any atom is 0.194 e. The number of ether oxygens (including phenoxy) is 1. The highest BCUT2D eigenvalue weighted by molar-refractivity contribution is 5.22. The van der Waals surface area contributed by atoms with Crippen molar-refractivity contribution in [3.8, 4) is 0 Å². The number of rotatable bonds is 3. The van der Waals surface area contributed by atoms with Crippen molar-refractivity contribution < 1.29 is 9.84 Å². The van der Waals surface area contributed by atoms with Crippen molar-refractivity contribution in [1.82, 2.24) is 0 Å². The normalized spacial score (nSPS) is 21.1. The molecule has 1 saturated carbocycles. The minimum atomic E-state index is -1.05. The van der Waals surface area contributed by atoms with Crippen molar-refractivity contribution >= 4 is 0 Å². The Balaban J connectivity index is 2.30. The lowest BCUT2D eigenvalue weighted by atomic mass is 10.0. The molecule has 70 valence electrons. The Labute approximate surface area is 78.2 Å². The largest absolute Gasteiger partial charge is 0.362 e. The van der Waals surface area contributed by atoms with Crippen LogP contribution < -0.4 is 0 Å². The molecule has 0 amide bonds. The van der Waals surface area contributed by atoms with Crippen LogP contribution in [0.25, 0.3) is 0 Å². The Morgan fingerprint density at radius 2 is 1.92 bits per heavy atom. The minimum absolute atomic E-state index is 0.278. The summed E-state index contributed by atoms with van der Waals surface area (Å²) in [6.45, 7) is 0. The van der Waals surface area contributed by atoms with E-state index in [1.54, 1.807) is 7.11 Å². The number of aliphatic hydroxyl groups is 1. The van der Waals surface area contributed by atoms with E-state index in [1.807, 2.05) is 30.3 Å². The third-order valence-electron chi connectivity index (χ3n) is 2.63. The molecular formula is C11H14O2. The van der Waals surface area contributed by atoms with Gasteiger partial charge in [0.15, 0.2) is 5.79 Å². The highest BCUT2D eigenvalue weighted by Gasteiger charge is 2.45. The molecule has 0 bridgehead atoms. The molecule has 2 heteroatoms. The summed E-state index contributed by atoms with van der Waals surface area (Å²) < 4.78 is 5.20. The first-order valence-corrected chi connectivity index (χ1v) is 4.60. The second-order valence-corrected chi connectivity index (χ2v) is 3.54. The molecule has 0 spiro atoms. The van der Waals surface area contributed by atoms with Crippen molar-refractivity contribution in [2.75, 3.05) is 7.11 Å². The van der Waals surface area contributed by atoms with Crippen LogP contribution in [-0.2, 0) is 10.5 Å². The Morgan fingerprint density at radius 1 is 1.31 bits per heavy atom. The monoisotopic (exact) mass is 178 g/mol. The van der Waals surface area contributed by atoms with E-state index >= 15 is 0 Å². The van der Waals surface area contributed by atoms with Crippen LogP contribution in [-0.4, -0.2) is 12.2 Å². The van der Waals surface area contributed by atoms with Crippen LogP contribution >= 0.6 is 0 Å². The van der Waals surface area contributed by atoms with Gasteiger partial charge in [-0.2, -0.15) is 0 Å². The van der Waals surface area contributed by atoms with Crippen LogP contribution in [0.3, 0.4) is 0 Å². The molecule has 0 heterocycles. The summed E-state index contributed by atoms with van der Waals surface area (Å²) in [5.41, 5.74) is 0.861. The summed E-state index contributed by atoms with van der Waals surface area (Å²) in [7, 11) is 1.56. The lowest BCUT2D eigenvalue weighted by molar-refractivity contribution is -0.209. The van der Waals surface area contributed by atoms with E-state index < -0.39 is 5.79 Å². The summed E-state index contributed by atoms with van der Waals surface area (Å²) in [6, 6.07) is 9.58. The SMILES string of the molecule is COC(O)(c1ccccc1)C1CC1. The summed E-state index contributed by atoms with van der Waals surface area (Å²) in [4.78, 5) is 0. The van der Waals surface area contributed by atoms with E-state index in [4.69, 9.17) is 4.74 Å². The first kappa shape index (κ1) is 8.73. The fourth-order valence-electron chi connectivity index (χ4n) is 1.67. The van der Waals surface area contributed by atoms with E-state index in [0.717, 1.165) is 18.4 Å². The number of methoxy groups -OCH3 is 1. The number of hydrogen-bond acceptors (Lipinski definition) is 2. The van der Waals surface area contributed by atoms with Crippen molar-refractivity contribution in [2.24, 2.45) is 5.92 Å². The Bertz CT molecular complexity index is 279. The average molecular weight is 178 g/mol. The first-order chi connectivity index (χ1) is 6.27. The van der Waals surface area contributed by atoms with E-state index in [1.165, 1.54) is 0 Å². The number of benzene rings is 1. The van der Waals surface area contributed by atoms with Gasteiger partial charge in [0.1, 0.15) is 0 Å². The van der Waals surface area contributed by atoms with Crippen LogP contribution in [0.4, 0.5) is 0 Å². The zero-order valence-corrected chi connectivity index (χ0v) is 7.73. The smallest absolute Gasteiger partial charge is 0.194 e. The summed E-state index contributed by atoms with van der Waals surface area (Å²) in [5, 5.41) is 10.2. The topological polar surface area (TPSA) is 29.5 Å². The molecule has 0 aliphatic heterocycles. The van der Waals surface area contributed by atoms with E-state index in [0.29, 0.717) is 0 Å². The molecule has 1 aromatic rings. The Morgan fingerprint density at radius 3 is 2.38 bits per heavy atom. The van der Waals surface area contributed by atoms with Crippen LogP contribution in [0.1, 0.15) is 18.4 Å². The molecule has 1 atom stereocenters. The van der Waals surface area contributed by atoms with E-state index in [9.17, 15) is 5.11 Å². The third kappa shape index (κ3) is 1.47. The zero-order chi connectivity index (χ0) is 9.31. The fourth-order valence-corrected chi connectivity index (χ4v) is 1.67. The predicted molar refractivity (Wildman–Crippen MR) is 50.1 cm³/mol. The average Bonchev–Trinajstić information content (AvgIpc) is 3.02. The molecule has 2 nitrogen and oxygen atoms in total. The van der Waals surface area contributed by atoms with Crippen LogP contribution in [0, 0.1) is 5.92 Å². The molecule has 0 aromatic heterocycles. The van der Waals surface area contributed by atoms with Crippen LogP contribution in [0.15, 0.2) is 30.3 Å². The molecule has 0 radical (unpaired) electrons. The highest BCUT2D eigenvalue weighted by Crippen LogP contribution is 2.45. The second-order valence-electron chi connectivity index (χ2n) is 3.54.